The van der Waals surface area contributed by atoms with Crippen molar-refractivity contribution in [2.75, 3.05) is 13.1 Å². The van der Waals surface area contributed by atoms with Crippen molar-refractivity contribution in [1.82, 2.24) is 14.9 Å². The fourth-order valence-electron chi connectivity index (χ4n) is 3.66. The maximum absolute atomic E-state index is 14.4. The molecule has 4 rings (SSSR count). The molecular formula is C22H18Cl2FN3O2. The molecule has 0 aliphatic carbocycles. The van der Waals surface area contributed by atoms with Crippen molar-refractivity contribution < 1.29 is 13.9 Å². The third-order valence-electron chi connectivity index (χ3n) is 5.21. The van der Waals surface area contributed by atoms with Crippen molar-refractivity contribution in [2.45, 2.75) is 18.8 Å². The Kier molecular flexibility index (Phi) is 5.88. The second-order valence-corrected chi connectivity index (χ2v) is 7.84. The van der Waals surface area contributed by atoms with Crippen LogP contribution in [-0.4, -0.2) is 33.9 Å². The highest BCUT2D eigenvalue weighted by Crippen LogP contribution is 2.36. The van der Waals surface area contributed by atoms with Gasteiger partial charge < -0.3 is 9.64 Å². The molecule has 8 heteroatoms. The molecule has 154 valence electrons. The topological polar surface area (TPSA) is 55.3 Å². The number of fused-ring (bicyclic) bond motifs is 1. The van der Waals surface area contributed by atoms with Crippen molar-refractivity contribution in [3.05, 3.63) is 70.7 Å². The summed E-state index contributed by atoms with van der Waals surface area (Å²) in [5, 5.41) is 0.544. The predicted molar refractivity (Wildman–Crippen MR) is 115 cm³/mol. The van der Waals surface area contributed by atoms with E-state index in [0.29, 0.717) is 17.4 Å². The second-order valence-electron chi connectivity index (χ2n) is 7.06. The largest absolute Gasteiger partial charge is 0.435 e. The van der Waals surface area contributed by atoms with Gasteiger partial charge in [0.1, 0.15) is 6.33 Å². The van der Waals surface area contributed by atoms with E-state index in [1.165, 1.54) is 24.5 Å². The van der Waals surface area contributed by atoms with Crippen LogP contribution >= 0.6 is 23.2 Å². The molecule has 0 bridgehead atoms. The fourth-order valence-corrected chi connectivity index (χ4v) is 3.96. The molecule has 1 atom stereocenters. The van der Waals surface area contributed by atoms with Gasteiger partial charge in [0.25, 0.3) is 0 Å². The van der Waals surface area contributed by atoms with Gasteiger partial charge in [0.15, 0.2) is 11.6 Å². The van der Waals surface area contributed by atoms with Crippen LogP contribution in [0.15, 0.2) is 49.3 Å². The van der Waals surface area contributed by atoms with Gasteiger partial charge in [-0.1, -0.05) is 35.8 Å². The number of amides is 1. The number of carbonyl (C=O) groups excluding carboxylic acids is 1. The second kappa shape index (κ2) is 8.58. The van der Waals surface area contributed by atoms with Gasteiger partial charge in [-0.05, 0) is 48.7 Å². The Hall–Kier alpha value is -2.70. The van der Waals surface area contributed by atoms with Crippen LogP contribution < -0.4 is 4.74 Å². The average molecular weight is 446 g/mol. The van der Waals surface area contributed by atoms with Crippen molar-refractivity contribution >= 4 is 40.0 Å². The predicted octanol–water partition coefficient (Wildman–Crippen LogP) is 5.76. The van der Waals surface area contributed by atoms with Crippen molar-refractivity contribution in [3.63, 3.8) is 0 Å². The van der Waals surface area contributed by atoms with E-state index < -0.39 is 5.82 Å². The number of rotatable bonds is 4. The Morgan fingerprint density at radius 1 is 1.27 bits per heavy atom. The van der Waals surface area contributed by atoms with Gasteiger partial charge in [-0.15, -0.1) is 0 Å². The summed E-state index contributed by atoms with van der Waals surface area (Å²) in [6.45, 7) is 4.91. The molecule has 1 aliphatic rings. The molecule has 0 saturated carbocycles. The van der Waals surface area contributed by atoms with E-state index >= 15 is 0 Å². The Morgan fingerprint density at radius 2 is 2.10 bits per heavy atom. The van der Waals surface area contributed by atoms with E-state index in [4.69, 9.17) is 27.9 Å². The van der Waals surface area contributed by atoms with Crippen LogP contribution in [0.2, 0.25) is 10.0 Å². The number of benzene rings is 2. The standard InChI is InChI=1S/C22H18Cl2FN3O2/c1-2-19(29)28-9-3-4-14(11-28)13-5-7-17-15(10-13)22(27-12-26-17)30-18-8-6-16(23)20(24)21(18)25/h2,5-8,10,12,14H,1,3-4,9,11H2/t14-/m1/s1. The number of nitrogens with zero attached hydrogens (tertiary/aromatic N) is 3. The Bertz CT molecular complexity index is 1140. The lowest BCUT2D eigenvalue weighted by Crippen LogP contribution is -2.38. The van der Waals surface area contributed by atoms with Crippen LogP contribution in [0.1, 0.15) is 24.3 Å². The Labute approximate surface area is 183 Å². The molecule has 2 aromatic carbocycles. The monoisotopic (exact) mass is 445 g/mol. The molecule has 1 saturated heterocycles. The van der Waals surface area contributed by atoms with Crippen LogP contribution in [0, 0.1) is 5.82 Å². The molecule has 1 amide bonds. The maximum atomic E-state index is 14.4. The third kappa shape index (κ3) is 3.98. The van der Waals surface area contributed by atoms with Crippen molar-refractivity contribution in [1.29, 1.82) is 0 Å². The molecule has 30 heavy (non-hydrogen) atoms. The zero-order valence-electron chi connectivity index (χ0n) is 15.9. The van der Waals surface area contributed by atoms with Crippen LogP contribution in [0.25, 0.3) is 10.9 Å². The van der Waals surface area contributed by atoms with Crippen molar-refractivity contribution in [2.24, 2.45) is 0 Å². The molecule has 1 aliphatic heterocycles. The zero-order valence-corrected chi connectivity index (χ0v) is 17.5. The smallest absolute Gasteiger partial charge is 0.245 e. The molecule has 0 N–H and O–H groups in total. The zero-order chi connectivity index (χ0) is 21.3. The maximum Gasteiger partial charge on any atom is 0.245 e. The normalized spacial score (nSPS) is 16.5. The summed E-state index contributed by atoms with van der Waals surface area (Å²) < 4.78 is 20.2. The van der Waals surface area contributed by atoms with Gasteiger partial charge in [0.2, 0.25) is 11.8 Å². The van der Waals surface area contributed by atoms with Crippen LogP contribution in [0.5, 0.6) is 11.6 Å². The van der Waals surface area contributed by atoms with E-state index in [1.807, 2.05) is 18.2 Å². The summed E-state index contributed by atoms with van der Waals surface area (Å²) in [5.41, 5.74) is 1.71. The minimum absolute atomic E-state index is 0.0667. The van der Waals surface area contributed by atoms with Gasteiger partial charge >= 0.3 is 0 Å². The SMILES string of the molecule is C=CC(=O)N1CCC[C@@H](c2ccc3ncnc(Oc4ccc(Cl)c(Cl)c4F)c3c2)C1. The molecule has 0 spiro atoms. The first kappa shape index (κ1) is 20.6. The highest BCUT2D eigenvalue weighted by molar-refractivity contribution is 6.42. The molecule has 1 aromatic heterocycles. The summed E-state index contributed by atoms with van der Waals surface area (Å²) in [6.07, 6.45) is 4.56. The summed E-state index contributed by atoms with van der Waals surface area (Å²) in [5.74, 6) is -0.508. The van der Waals surface area contributed by atoms with E-state index in [1.54, 1.807) is 4.90 Å². The van der Waals surface area contributed by atoms with E-state index in [-0.39, 0.29) is 33.5 Å². The summed E-state index contributed by atoms with van der Waals surface area (Å²) >= 11 is 11.7. The first-order valence-corrected chi connectivity index (χ1v) is 10.2. The molecule has 3 aromatic rings. The highest BCUT2D eigenvalue weighted by Gasteiger charge is 2.24. The lowest BCUT2D eigenvalue weighted by atomic mass is 9.90. The number of aromatic nitrogens is 2. The lowest BCUT2D eigenvalue weighted by molar-refractivity contribution is -0.127. The lowest BCUT2D eigenvalue weighted by Gasteiger charge is -2.32. The Balaban J connectivity index is 1.68. The molecule has 0 radical (unpaired) electrons. The number of ether oxygens (including phenoxy) is 1. The average Bonchev–Trinajstić information content (AvgIpc) is 2.79. The number of likely N-dealkylation sites (tertiary alicyclic amines) is 1. The van der Waals surface area contributed by atoms with Crippen LogP contribution in [0.3, 0.4) is 0 Å². The van der Waals surface area contributed by atoms with E-state index in [9.17, 15) is 9.18 Å². The number of hydrogen-bond acceptors (Lipinski definition) is 4. The number of carbonyl (C=O) groups is 1. The summed E-state index contributed by atoms with van der Waals surface area (Å²) in [6, 6.07) is 8.67. The third-order valence-corrected chi connectivity index (χ3v) is 5.99. The fraction of sp³-hybridized carbons (Fsp3) is 0.227. The van der Waals surface area contributed by atoms with Crippen LogP contribution in [0.4, 0.5) is 4.39 Å². The highest BCUT2D eigenvalue weighted by atomic mass is 35.5. The first-order chi connectivity index (χ1) is 14.5. The van der Waals surface area contributed by atoms with Crippen molar-refractivity contribution in [3.8, 4) is 11.6 Å². The molecule has 2 heterocycles. The molecular weight excluding hydrogens is 428 g/mol. The summed E-state index contributed by atoms with van der Waals surface area (Å²) in [4.78, 5) is 22.3. The van der Waals surface area contributed by atoms with E-state index in [0.717, 1.165) is 24.9 Å². The molecule has 5 nitrogen and oxygen atoms in total. The van der Waals surface area contributed by atoms with Gasteiger partial charge in [-0.25, -0.2) is 14.4 Å². The summed E-state index contributed by atoms with van der Waals surface area (Å²) in [7, 11) is 0. The quantitative estimate of drug-likeness (QED) is 0.378. The number of piperidine rings is 1. The van der Waals surface area contributed by atoms with Gasteiger partial charge in [-0.3, -0.25) is 4.79 Å². The minimum atomic E-state index is -0.752. The minimum Gasteiger partial charge on any atom is -0.435 e. The van der Waals surface area contributed by atoms with Crippen LogP contribution in [-0.2, 0) is 4.79 Å². The van der Waals surface area contributed by atoms with Gasteiger partial charge in [0.05, 0.1) is 20.9 Å². The Morgan fingerprint density at radius 3 is 2.90 bits per heavy atom. The number of halogens is 3. The van der Waals surface area contributed by atoms with Gasteiger partial charge in [-0.2, -0.15) is 0 Å². The number of hydrogen-bond donors (Lipinski definition) is 0. The first-order valence-electron chi connectivity index (χ1n) is 9.45. The molecule has 0 unspecified atom stereocenters. The molecule has 1 fully saturated rings. The van der Waals surface area contributed by atoms with E-state index in [2.05, 4.69) is 16.5 Å². The van der Waals surface area contributed by atoms with Gasteiger partial charge in [0, 0.05) is 19.0 Å².